The maximum atomic E-state index is 14.9. The summed E-state index contributed by atoms with van der Waals surface area (Å²) in [5.41, 5.74) is 0.0670. The molecule has 1 atom stereocenters. The summed E-state index contributed by atoms with van der Waals surface area (Å²) in [5.74, 6) is -3.71. The SMILES string of the molecule is Cc1ccc(SC(F)(F)CN([C@@H](C)CC(F)(F)Cc2ccc(F)cc2)C2(C#N)CC2)cc1. The van der Waals surface area contributed by atoms with Gasteiger partial charge >= 0.3 is 5.25 Å². The molecule has 0 radical (unpaired) electrons. The maximum Gasteiger partial charge on any atom is 0.310 e. The van der Waals surface area contributed by atoms with Crippen LogP contribution in [0.1, 0.15) is 37.3 Å². The number of benzene rings is 2. The van der Waals surface area contributed by atoms with Gasteiger partial charge in [-0.1, -0.05) is 41.6 Å². The Balaban J connectivity index is 1.72. The first kappa shape index (κ1) is 24.5. The van der Waals surface area contributed by atoms with Crippen molar-refractivity contribution in [3.05, 3.63) is 65.5 Å². The number of rotatable bonds is 10. The van der Waals surface area contributed by atoms with Gasteiger partial charge in [0.25, 0.3) is 5.92 Å². The van der Waals surface area contributed by atoms with Crippen molar-refractivity contribution >= 4 is 11.8 Å². The molecule has 172 valence electrons. The fourth-order valence-corrected chi connectivity index (χ4v) is 4.66. The molecule has 1 saturated carbocycles. The van der Waals surface area contributed by atoms with Gasteiger partial charge in [-0.2, -0.15) is 14.0 Å². The number of alkyl halides is 4. The van der Waals surface area contributed by atoms with Gasteiger partial charge in [0, 0.05) is 23.8 Å². The van der Waals surface area contributed by atoms with Crippen LogP contribution < -0.4 is 0 Å². The second-order valence-electron chi connectivity index (χ2n) is 8.54. The minimum Gasteiger partial charge on any atom is -0.276 e. The van der Waals surface area contributed by atoms with Gasteiger partial charge in [-0.3, -0.25) is 4.90 Å². The molecule has 3 rings (SSSR count). The van der Waals surface area contributed by atoms with Crippen molar-refractivity contribution in [3.63, 3.8) is 0 Å². The highest BCUT2D eigenvalue weighted by atomic mass is 32.2. The molecule has 0 heterocycles. The Labute approximate surface area is 189 Å². The Morgan fingerprint density at radius 1 is 1.06 bits per heavy atom. The third-order valence-corrected chi connectivity index (χ3v) is 6.56. The zero-order valence-electron chi connectivity index (χ0n) is 17.9. The molecular weight excluding hydrogens is 443 g/mol. The van der Waals surface area contributed by atoms with E-state index in [9.17, 15) is 27.2 Å². The van der Waals surface area contributed by atoms with Crippen LogP contribution in [0.5, 0.6) is 0 Å². The molecule has 0 aromatic heterocycles. The molecule has 0 unspecified atom stereocenters. The van der Waals surface area contributed by atoms with E-state index in [0.717, 1.165) is 17.7 Å². The Morgan fingerprint density at radius 2 is 1.66 bits per heavy atom. The van der Waals surface area contributed by atoms with Crippen LogP contribution in [0, 0.1) is 24.1 Å². The molecule has 1 fully saturated rings. The van der Waals surface area contributed by atoms with E-state index in [1.807, 2.05) is 6.92 Å². The third-order valence-electron chi connectivity index (χ3n) is 5.63. The van der Waals surface area contributed by atoms with E-state index in [1.165, 1.54) is 24.0 Å². The second-order valence-corrected chi connectivity index (χ2v) is 9.81. The lowest BCUT2D eigenvalue weighted by Gasteiger charge is -2.37. The van der Waals surface area contributed by atoms with Crippen molar-refractivity contribution in [1.29, 1.82) is 5.26 Å². The number of aryl methyl sites for hydroxylation is 1. The Morgan fingerprint density at radius 3 is 2.19 bits per heavy atom. The quantitative estimate of drug-likeness (QED) is 0.282. The molecule has 0 spiro atoms. The Bertz CT molecular complexity index is 950. The van der Waals surface area contributed by atoms with Gasteiger partial charge in [-0.25, -0.2) is 13.2 Å². The van der Waals surface area contributed by atoms with E-state index >= 15 is 0 Å². The molecule has 0 amide bonds. The number of nitrogens with zero attached hydrogens (tertiary/aromatic N) is 2. The van der Waals surface area contributed by atoms with Crippen LogP contribution in [0.15, 0.2) is 53.4 Å². The highest BCUT2D eigenvalue weighted by molar-refractivity contribution is 8.00. The summed E-state index contributed by atoms with van der Waals surface area (Å²) in [4.78, 5) is 1.61. The second kappa shape index (κ2) is 9.40. The molecule has 2 nitrogen and oxygen atoms in total. The van der Waals surface area contributed by atoms with Crippen LogP contribution in [-0.2, 0) is 6.42 Å². The molecule has 0 aliphatic heterocycles. The minimum atomic E-state index is -3.26. The fraction of sp³-hybridized carbons (Fsp3) is 0.458. The third kappa shape index (κ3) is 6.46. The lowest BCUT2D eigenvalue weighted by molar-refractivity contribution is -0.0480. The van der Waals surface area contributed by atoms with Gasteiger partial charge in [0.1, 0.15) is 11.4 Å². The van der Waals surface area contributed by atoms with Crippen molar-refractivity contribution < 1.29 is 22.0 Å². The van der Waals surface area contributed by atoms with Crippen molar-refractivity contribution in [3.8, 4) is 6.07 Å². The maximum absolute atomic E-state index is 14.9. The monoisotopic (exact) mass is 468 g/mol. The topological polar surface area (TPSA) is 27.0 Å². The molecule has 32 heavy (non-hydrogen) atoms. The normalized spacial score (nSPS) is 16.6. The molecule has 1 aliphatic carbocycles. The predicted molar refractivity (Wildman–Crippen MR) is 115 cm³/mol. The van der Waals surface area contributed by atoms with Gasteiger partial charge < -0.3 is 0 Å². The van der Waals surface area contributed by atoms with Crippen molar-refractivity contribution in [2.75, 3.05) is 6.54 Å². The van der Waals surface area contributed by atoms with E-state index in [1.54, 1.807) is 24.3 Å². The number of thioether (sulfide) groups is 1. The summed E-state index contributed by atoms with van der Waals surface area (Å²) in [6.07, 6.45) is -0.552. The minimum absolute atomic E-state index is 0.261. The van der Waals surface area contributed by atoms with Crippen molar-refractivity contribution in [2.45, 2.75) is 67.2 Å². The van der Waals surface area contributed by atoms with E-state index < -0.39 is 48.0 Å². The first-order valence-electron chi connectivity index (χ1n) is 10.4. The average Bonchev–Trinajstić information content (AvgIpc) is 3.50. The van der Waals surface area contributed by atoms with Gasteiger partial charge in [0.2, 0.25) is 0 Å². The molecule has 2 aromatic carbocycles. The van der Waals surface area contributed by atoms with Gasteiger partial charge in [-0.15, -0.1) is 0 Å². The van der Waals surface area contributed by atoms with E-state index in [-0.39, 0.29) is 5.56 Å². The number of hydrogen-bond acceptors (Lipinski definition) is 3. The molecule has 1 aliphatic rings. The summed E-state index contributed by atoms with van der Waals surface area (Å²) in [5, 5.41) is 6.32. The average molecular weight is 469 g/mol. The van der Waals surface area contributed by atoms with Crippen LogP contribution >= 0.6 is 11.8 Å². The molecule has 0 N–H and O–H groups in total. The van der Waals surface area contributed by atoms with Crippen LogP contribution in [0.4, 0.5) is 22.0 Å². The lowest BCUT2D eigenvalue weighted by atomic mass is 9.99. The molecular formula is C24H25F5N2S. The van der Waals surface area contributed by atoms with Crippen LogP contribution in [-0.4, -0.2) is 34.2 Å². The van der Waals surface area contributed by atoms with Crippen LogP contribution in [0.25, 0.3) is 0 Å². The summed E-state index contributed by atoms with van der Waals surface area (Å²) < 4.78 is 72.4. The first-order valence-corrected chi connectivity index (χ1v) is 11.2. The van der Waals surface area contributed by atoms with Crippen LogP contribution in [0.3, 0.4) is 0 Å². The van der Waals surface area contributed by atoms with Crippen molar-refractivity contribution in [1.82, 2.24) is 4.90 Å². The molecule has 0 saturated heterocycles. The summed E-state index contributed by atoms with van der Waals surface area (Å²) in [7, 11) is 0. The largest absolute Gasteiger partial charge is 0.310 e. The number of halogens is 5. The van der Waals surface area contributed by atoms with E-state index in [2.05, 4.69) is 6.07 Å². The number of hydrogen-bond donors (Lipinski definition) is 0. The standard InChI is InChI=1S/C24H25F5N2S/c1-17-3-9-21(10-4-17)32-24(28,29)16-31(22(15-30)11-12-22)18(2)13-23(26,27)14-19-5-7-20(25)8-6-19/h3-10,18H,11-14,16H2,1-2H3/t18-/m0/s1. The molecule has 8 heteroatoms. The highest BCUT2D eigenvalue weighted by Gasteiger charge is 2.54. The predicted octanol–water partition coefficient (Wildman–Crippen LogP) is 6.83. The zero-order chi connectivity index (χ0) is 23.6. The summed E-state index contributed by atoms with van der Waals surface area (Å²) in [6, 6.07) is 12.6. The molecule has 2 aromatic rings. The summed E-state index contributed by atoms with van der Waals surface area (Å²) >= 11 is 0.369. The van der Waals surface area contributed by atoms with Gasteiger partial charge in [0.05, 0.1) is 12.6 Å². The van der Waals surface area contributed by atoms with E-state index in [4.69, 9.17) is 0 Å². The van der Waals surface area contributed by atoms with Gasteiger partial charge in [0.15, 0.2) is 0 Å². The first-order chi connectivity index (χ1) is 14.9. The summed E-state index contributed by atoms with van der Waals surface area (Å²) in [6.45, 7) is 2.52. The van der Waals surface area contributed by atoms with Crippen LogP contribution in [0.2, 0.25) is 0 Å². The fourth-order valence-electron chi connectivity index (χ4n) is 3.84. The van der Waals surface area contributed by atoms with Crippen molar-refractivity contribution in [2.24, 2.45) is 0 Å². The number of nitriles is 1. The van der Waals surface area contributed by atoms with E-state index in [0.29, 0.717) is 29.5 Å². The zero-order valence-corrected chi connectivity index (χ0v) is 18.7. The molecule has 0 bridgehead atoms. The van der Waals surface area contributed by atoms with Gasteiger partial charge in [-0.05, 0) is 56.5 Å². The Hall–Kier alpha value is -2.11. The highest BCUT2D eigenvalue weighted by Crippen LogP contribution is 2.47. The Kier molecular flexibility index (Phi) is 7.21. The lowest BCUT2D eigenvalue weighted by Crippen LogP contribution is -2.50. The smallest absolute Gasteiger partial charge is 0.276 e.